The van der Waals surface area contributed by atoms with Crippen LogP contribution in [0.15, 0.2) is 36.4 Å². The quantitative estimate of drug-likeness (QED) is 0.117. The maximum atomic E-state index is 2.86. The molecule has 252 valence electrons. The third kappa shape index (κ3) is 7.06. The number of unbranched alkanes of at least 4 members (excludes halogenated alkanes) is 1. The fraction of sp³-hybridized carbons (Fsp3) is 0.674. The molecule has 0 spiro atoms. The predicted octanol–water partition coefficient (Wildman–Crippen LogP) is 13.2. The topological polar surface area (TPSA) is 6.02 Å². The third-order valence-corrected chi connectivity index (χ3v) is 18.9. The van der Waals surface area contributed by atoms with Crippen LogP contribution in [0.5, 0.6) is 0 Å². The molecule has 2 aromatic carbocycles. The van der Waals surface area contributed by atoms with Crippen LogP contribution in [-0.4, -0.2) is 35.3 Å². The number of hydrogen-bond donors (Lipinski definition) is 0. The van der Waals surface area contributed by atoms with E-state index in [0.29, 0.717) is 23.7 Å². The van der Waals surface area contributed by atoms with Gasteiger partial charge >= 0.3 is 6.67 Å². The van der Waals surface area contributed by atoms with Crippen LogP contribution in [0.2, 0.25) is 23.7 Å². The minimum Gasteiger partial charge on any atom is -0.130 e. The lowest BCUT2D eigenvalue weighted by Crippen LogP contribution is -2.39. The van der Waals surface area contributed by atoms with Crippen LogP contribution in [0.1, 0.15) is 179 Å². The van der Waals surface area contributed by atoms with Crippen LogP contribution in [-0.2, 0) is 0 Å². The van der Waals surface area contributed by atoms with Gasteiger partial charge in [0.25, 0.3) is 11.4 Å². The second-order valence-corrected chi connectivity index (χ2v) is 22.0. The molecule has 0 aromatic heterocycles. The average Bonchev–Trinajstić information content (AvgIpc) is 3.81. The summed E-state index contributed by atoms with van der Waals surface area (Å²) in [4.78, 5) is 0. The third-order valence-electron chi connectivity index (χ3n) is 12.6. The molecule has 2 saturated carbocycles. The number of rotatable bonds is 13. The van der Waals surface area contributed by atoms with Gasteiger partial charge in [-0.15, -0.1) is 9.15 Å². The zero-order chi connectivity index (χ0) is 33.2. The van der Waals surface area contributed by atoms with Crippen molar-refractivity contribution in [3.05, 3.63) is 58.7 Å². The lowest BCUT2D eigenvalue weighted by molar-refractivity contribution is -0.638. The lowest BCUT2D eigenvalue weighted by atomic mass is 9.92. The molecule has 5 rings (SSSR count). The van der Waals surface area contributed by atoms with Gasteiger partial charge in [-0.05, 0) is 41.2 Å². The Morgan fingerprint density at radius 1 is 0.609 bits per heavy atom. The first-order valence-electron chi connectivity index (χ1n) is 19.5. The Hall–Kier alpha value is -2.00. The molecule has 2 nitrogen and oxygen atoms in total. The average molecular weight is 641 g/mol. The van der Waals surface area contributed by atoms with Crippen molar-refractivity contribution in [2.24, 2.45) is 0 Å². The highest BCUT2D eigenvalue weighted by atomic mass is 28.3. The Morgan fingerprint density at radius 3 is 1.39 bits per heavy atom. The maximum absolute atomic E-state index is 2.86. The van der Waals surface area contributed by atoms with Gasteiger partial charge in [0.05, 0.1) is 8.07 Å². The van der Waals surface area contributed by atoms with Crippen LogP contribution < -0.4 is 0 Å². The molecule has 0 atom stereocenters. The SMILES string of the molecule is CC1=[N+](c2c(C(C)C)cccc2C(C)C)C[N+](c2c(C(C)C)cccc2C(C)C)=C1CCCC[Si](C)(C1CCCC1)C1CCCC1. The molecule has 1 aliphatic heterocycles. The van der Waals surface area contributed by atoms with Gasteiger partial charge in [0.15, 0.2) is 0 Å². The molecule has 0 saturated heterocycles. The molecule has 0 N–H and O–H groups in total. The molecule has 1 heterocycles. The largest absolute Gasteiger partial charge is 0.345 e. The monoisotopic (exact) mass is 641 g/mol. The van der Waals surface area contributed by atoms with Crippen molar-refractivity contribution in [1.82, 2.24) is 0 Å². The minimum absolute atomic E-state index is 0.488. The molecule has 3 heteroatoms. The molecule has 3 aliphatic rings. The molecular weight excluding hydrogens is 573 g/mol. The molecular formula is C43H68N2Si+2. The van der Waals surface area contributed by atoms with E-state index in [1.54, 1.807) is 37.4 Å². The molecule has 2 aliphatic carbocycles. The van der Waals surface area contributed by atoms with E-state index in [1.165, 1.54) is 84.3 Å². The molecule has 0 amide bonds. The summed E-state index contributed by atoms with van der Waals surface area (Å²) in [6, 6.07) is 15.8. The van der Waals surface area contributed by atoms with E-state index >= 15 is 0 Å². The van der Waals surface area contributed by atoms with Crippen LogP contribution >= 0.6 is 0 Å². The van der Waals surface area contributed by atoms with Crippen LogP contribution in [0, 0.1) is 0 Å². The minimum atomic E-state index is -1.25. The zero-order valence-electron chi connectivity index (χ0n) is 31.5. The highest BCUT2D eigenvalue weighted by molar-refractivity contribution is 6.81. The van der Waals surface area contributed by atoms with Crippen LogP contribution in [0.3, 0.4) is 0 Å². The molecule has 0 unspecified atom stereocenters. The van der Waals surface area contributed by atoms with E-state index in [1.807, 2.05) is 0 Å². The first-order valence-corrected chi connectivity index (χ1v) is 22.3. The fourth-order valence-electron chi connectivity index (χ4n) is 9.80. The lowest BCUT2D eigenvalue weighted by Gasteiger charge is -2.39. The number of para-hydroxylation sites is 2. The van der Waals surface area contributed by atoms with E-state index in [0.717, 1.165) is 17.8 Å². The highest BCUT2D eigenvalue weighted by Crippen LogP contribution is 2.52. The van der Waals surface area contributed by atoms with Gasteiger partial charge in [-0.1, -0.05) is 162 Å². The summed E-state index contributed by atoms with van der Waals surface area (Å²) < 4.78 is 5.50. The Bertz CT molecular complexity index is 1340. The summed E-state index contributed by atoms with van der Waals surface area (Å²) in [6.45, 7) is 25.3. The van der Waals surface area contributed by atoms with Crippen LogP contribution in [0.25, 0.3) is 0 Å². The second kappa shape index (κ2) is 15.0. The van der Waals surface area contributed by atoms with Crippen LogP contribution in [0.4, 0.5) is 11.4 Å². The summed E-state index contributed by atoms with van der Waals surface area (Å²) in [6.07, 6.45) is 16.1. The Labute approximate surface area is 284 Å². The number of benzene rings is 2. The van der Waals surface area contributed by atoms with Gasteiger partial charge in [-0.2, -0.15) is 0 Å². The van der Waals surface area contributed by atoms with Crippen molar-refractivity contribution in [2.45, 2.75) is 180 Å². The molecule has 0 radical (unpaired) electrons. The van der Waals surface area contributed by atoms with E-state index in [9.17, 15) is 0 Å². The smallest absolute Gasteiger partial charge is 0.130 e. The van der Waals surface area contributed by atoms with Gasteiger partial charge in [-0.25, -0.2) is 0 Å². The van der Waals surface area contributed by atoms with Crippen molar-refractivity contribution in [3.8, 4) is 0 Å². The van der Waals surface area contributed by atoms with Gasteiger partial charge in [0.2, 0.25) is 11.4 Å². The number of hydrogen-bond acceptors (Lipinski definition) is 0. The number of nitrogens with zero attached hydrogens (tertiary/aromatic N) is 2. The van der Waals surface area contributed by atoms with Crippen molar-refractivity contribution < 1.29 is 9.15 Å². The van der Waals surface area contributed by atoms with Crippen molar-refractivity contribution >= 4 is 30.9 Å². The Balaban J connectivity index is 1.55. The Morgan fingerprint density at radius 2 is 1.00 bits per heavy atom. The van der Waals surface area contributed by atoms with E-state index in [2.05, 4.69) is 114 Å². The summed E-state index contributed by atoms with van der Waals surface area (Å²) in [7, 11) is -1.25. The molecule has 46 heavy (non-hydrogen) atoms. The zero-order valence-corrected chi connectivity index (χ0v) is 32.5. The van der Waals surface area contributed by atoms with Gasteiger partial charge in [0.1, 0.15) is 0 Å². The van der Waals surface area contributed by atoms with Crippen molar-refractivity contribution in [2.75, 3.05) is 6.67 Å². The highest BCUT2D eigenvalue weighted by Gasteiger charge is 2.45. The van der Waals surface area contributed by atoms with Gasteiger partial charge in [0, 0.05) is 35.6 Å². The van der Waals surface area contributed by atoms with Crippen molar-refractivity contribution in [3.63, 3.8) is 0 Å². The first kappa shape index (κ1) is 35.3. The standard InChI is InChI=1S/C43H68N2Si/c1-30(2)37-23-17-24-38(31(3)4)42(37)44-29-45(43-39(32(5)6)25-18-26-40(43)33(7)8)41(34(44)9)27-15-16-28-46(10,35-19-11-12-20-35)36-21-13-14-22-36/h17-18,23-26,30-33,35-36H,11-16,19-22,27-29H2,1-10H3/q+2. The predicted molar refractivity (Wildman–Crippen MR) is 204 cm³/mol. The fourth-order valence-corrected chi connectivity index (χ4v) is 15.8. The van der Waals surface area contributed by atoms with Gasteiger partial charge in [-0.3, -0.25) is 0 Å². The molecule has 0 bridgehead atoms. The van der Waals surface area contributed by atoms with E-state index in [4.69, 9.17) is 0 Å². The summed E-state index contributed by atoms with van der Waals surface area (Å²) >= 11 is 0. The summed E-state index contributed by atoms with van der Waals surface area (Å²) in [5.74, 6) is 1.95. The first-order chi connectivity index (χ1) is 22.0. The maximum Gasteiger partial charge on any atom is 0.345 e. The van der Waals surface area contributed by atoms with Gasteiger partial charge < -0.3 is 0 Å². The Kier molecular flexibility index (Phi) is 11.5. The van der Waals surface area contributed by atoms with E-state index in [-0.39, 0.29) is 0 Å². The second-order valence-electron chi connectivity index (χ2n) is 16.9. The normalized spacial score (nSPS) is 18.7. The summed E-state index contributed by atoms with van der Waals surface area (Å²) in [5, 5.41) is 0. The molecule has 2 fully saturated rings. The molecule has 2 aromatic rings. The van der Waals surface area contributed by atoms with E-state index < -0.39 is 8.07 Å². The van der Waals surface area contributed by atoms with Crippen molar-refractivity contribution in [1.29, 1.82) is 0 Å². The summed E-state index contributed by atoms with van der Waals surface area (Å²) in [5.41, 5.74) is 14.2.